The lowest BCUT2D eigenvalue weighted by Crippen LogP contribution is -2.54. The van der Waals surface area contributed by atoms with Crippen molar-refractivity contribution in [1.29, 1.82) is 0 Å². The number of hydrazine groups is 1. The van der Waals surface area contributed by atoms with Gasteiger partial charge in [0, 0.05) is 30.1 Å². The summed E-state index contributed by atoms with van der Waals surface area (Å²) in [4.78, 5) is 35.9. The van der Waals surface area contributed by atoms with E-state index in [-0.39, 0.29) is 24.8 Å². The predicted molar refractivity (Wildman–Crippen MR) is 85.1 cm³/mol. The van der Waals surface area contributed by atoms with Gasteiger partial charge in [0.15, 0.2) is 0 Å². The second kappa shape index (κ2) is 6.57. The van der Waals surface area contributed by atoms with Crippen molar-refractivity contribution in [3.8, 4) is 5.69 Å². The van der Waals surface area contributed by atoms with E-state index in [1.54, 1.807) is 12.1 Å². The molecule has 0 radical (unpaired) electrons. The Morgan fingerprint density at radius 2 is 1.83 bits per heavy atom. The number of aromatic nitrogens is 1. The van der Waals surface area contributed by atoms with E-state index in [9.17, 15) is 14.4 Å². The van der Waals surface area contributed by atoms with E-state index >= 15 is 0 Å². The third kappa shape index (κ3) is 3.15. The van der Waals surface area contributed by atoms with Gasteiger partial charge in [-0.3, -0.25) is 19.8 Å². The van der Waals surface area contributed by atoms with E-state index in [0.717, 1.165) is 10.7 Å². The Hall–Kier alpha value is -3.09. The number of esters is 1. The van der Waals surface area contributed by atoms with Crippen LogP contribution in [0.25, 0.3) is 5.69 Å². The molecule has 2 aromatic rings. The van der Waals surface area contributed by atoms with Crippen molar-refractivity contribution in [2.75, 3.05) is 13.7 Å². The summed E-state index contributed by atoms with van der Waals surface area (Å²) in [6, 6.07) is 10.8. The summed E-state index contributed by atoms with van der Waals surface area (Å²) in [5, 5.41) is 1.16. The van der Waals surface area contributed by atoms with Crippen LogP contribution in [0.4, 0.5) is 0 Å². The van der Waals surface area contributed by atoms with Crippen molar-refractivity contribution >= 4 is 17.8 Å². The van der Waals surface area contributed by atoms with Crippen LogP contribution >= 0.6 is 0 Å². The first-order valence-electron chi connectivity index (χ1n) is 7.51. The van der Waals surface area contributed by atoms with Crippen molar-refractivity contribution < 1.29 is 19.1 Å². The fourth-order valence-corrected chi connectivity index (χ4v) is 2.65. The zero-order valence-electron chi connectivity index (χ0n) is 13.1. The first-order chi connectivity index (χ1) is 11.6. The van der Waals surface area contributed by atoms with Crippen LogP contribution < -0.4 is 5.43 Å². The molecule has 1 saturated heterocycles. The van der Waals surface area contributed by atoms with E-state index in [1.807, 2.05) is 41.2 Å². The second-order valence-corrected chi connectivity index (χ2v) is 5.51. The quantitative estimate of drug-likeness (QED) is 0.858. The van der Waals surface area contributed by atoms with Crippen molar-refractivity contribution in [2.45, 2.75) is 6.42 Å². The number of nitrogens with zero attached hydrogens (tertiary/aromatic N) is 2. The first-order valence-corrected chi connectivity index (χ1v) is 7.51. The van der Waals surface area contributed by atoms with Gasteiger partial charge in [0.05, 0.1) is 19.6 Å². The molecule has 0 saturated carbocycles. The molecule has 7 heteroatoms. The van der Waals surface area contributed by atoms with Crippen LogP contribution in [-0.4, -0.2) is 41.0 Å². The topological polar surface area (TPSA) is 80.6 Å². The number of rotatable bonds is 3. The monoisotopic (exact) mass is 327 g/mol. The summed E-state index contributed by atoms with van der Waals surface area (Å²) in [6.07, 6.45) is 3.83. The molecule has 0 spiro atoms. The van der Waals surface area contributed by atoms with Gasteiger partial charge in [0.1, 0.15) is 0 Å². The molecular weight excluding hydrogens is 310 g/mol. The van der Waals surface area contributed by atoms with Gasteiger partial charge in [-0.2, -0.15) is 0 Å². The molecular formula is C17H17N3O4. The number of amides is 2. The average molecular weight is 327 g/mol. The van der Waals surface area contributed by atoms with Crippen molar-refractivity contribution in [3.63, 3.8) is 0 Å². The molecule has 1 N–H and O–H groups in total. The summed E-state index contributed by atoms with van der Waals surface area (Å²) in [6.45, 7) is 0.0938. The highest BCUT2D eigenvalue weighted by Gasteiger charge is 2.33. The normalized spacial score (nSPS) is 17.3. The van der Waals surface area contributed by atoms with Crippen molar-refractivity contribution in [3.05, 3.63) is 54.4 Å². The highest BCUT2D eigenvalue weighted by Crippen LogP contribution is 2.16. The maximum absolute atomic E-state index is 12.6. The number of carbonyl (C=O) groups excluding carboxylic acids is 3. The summed E-state index contributed by atoms with van der Waals surface area (Å²) >= 11 is 0. The molecule has 0 aliphatic carbocycles. The molecule has 24 heavy (non-hydrogen) atoms. The van der Waals surface area contributed by atoms with Crippen LogP contribution in [0.1, 0.15) is 16.8 Å². The molecule has 3 rings (SSSR count). The van der Waals surface area contributed by atoms with E-state index in [0.29, 0.717) is 5.56 Å². The molecule has 2 amide bonds. The lowest BCUT2D eigenvalue weighted by molar-refractivity contribution is -0.151. The number of ether oxygens (including phenoxy) is 1. The Morgan fingerprint density at radius 3 is 2.46 bits per heavy atom. The lowest BCUT2D eigenvalue weighted by atomic mass is 10.0. The fourth-order valence-electron chi connectivity index (χ4n) is 2.65. The molecule has 0 bridgehead atoms. The van der Waals surface area contributed by atoms with Crippen LogP contribution in [0.3, 0.4) is 0 Å². The van der Waals surface area contributed by atoms with Gasteiger partial charge in [-0.25, -0.2) is 5.01 Å². The molecule has 1 aromatic heterocycles. The van der Waals surface area contributed by atoms with Crippen molar-refractivity contribution in [1.82, 2.24) is 15.0 Å². The van der Waals surface area contributed by atoms with Gasteiger partial charge in [0.25, 0.3) is 5.91 Å². The van der Waals surface area contributed by atoms with Gasteiger partial charge in [-0.1, -0.05) is 0 Å². The number of hydrogen-bond acceptors (Lipinski definition) is 4. The molecule has 1 unspecified atom stereocenters. The standard InChI is InChI=1S/C17H17N3O4/c1-24-17(23)13-10-15(21)18-20(11-13)16(22)12-4-6-14(7-5-12)19-8-2-3-9-19/h2-9,13H,10-11H2,1H3,(H,18,21). The molecule has 1 aliphatic heterocycles. The van der Waals surface area contributed by atoms with Gasteiger partial charge >= 0.3 is 5.97 Å². The van der Waals surface area contributed by atoms with Crippen molar-refractivity contribution in [2.24, 2.45) is 5.92 Å². The number of hydrogen-bond donors (Lipinski definition) is 1. The average Bonchev–Trinajstić information content (AvgIpc) is 3.14. The Labute approximate surface area is 138 Å². The number of nitrogens with one attached hydrogen (secondary N) is 1. The first kappa shape index (κ1) is 15.8. The van der Waals surface area contributed by atoms with Gasteiger partial charge in [-0.05, 0) is 36.4 Å². The molecule has 1 aliphatic rings. The maximum atomic E-state index is 12.6. The Kier molecular flexibility index (Phi) is 4.33. The van der Waals surface area contributed by atoms with Crippen LogP contribution in [0, 0.1) is 5.92 Å². The number of methoxy groups -OCH3 is 1. The zero-order chi connectivity index (χ0) is 17.1. The molecule has 1 fully saturated rings. The summed E-state index contributed by atoms with van der Waals surface area (Å²) in [5.41, 5.74) is 3.85. The van der Waals surface area contributed by atoms with Crippen LogP contribution in [0.5, 0.6) is 0 Å². The van der Waals surface area contributed by atoms with Crippen LogP contribution in [0.15, 0.2) is 48.8 Å². The smallest absolute Gasteiger partial charge is 0.311 e. The Balaban J connectivity index is 1.75. The summed E-state index contributed by atoms with van der Waals surface area (Å²) < 4.78 is 6.59. The predicted octanol–water partition coefficient (Wildman–Crippen LogP) is 1.14. The molecule has 7 nitrogen and oxygen atoms in total. The van der Waals surface area contributed by atoms with Gasteiger partial charge in [-0.15, -0.1) is 0 Å². The van der Waals surface area contributed by atoms with E-state index in [4.69, 9.17) is 0 Å². The Morgan fingerprint density at radius 1 is 1.17 bits per heavy atom. The van der Waals surface area contributed by atoms with E-state index in [1.165, 1.54) is 7.11 Å². The minimum atomic E-state index is -0.646. The minimum Gasteiger partial charge on any atom is -0.469 e. The second-order valence-electron chi connectivity index (χ2n) is 5.51. The van der Waals surface area contributed by atoms with Crippen LogP contribution in [0.2, 0.25) is 0 Å². The number of benzene rings is 1. The fraction of sp³-hybridized carbons (Fsp3) is 0.235. The maximum Gasteiger partial charge on any atom is 0.311 e. The van der Waals surface area contributed by atoms with E-state index in [2.05, 4.69) is 10.2 Å². The third-order valence-electron chi connectivity index (χ3n) is 3.89. The summed E-state index contributed by atoms with van der Waals surface area (Å²) in [5.74, 6) is -1.89. The number of carbonyl (C=O) groups is 3. The Bertz CT molecular complexity index is 753. The highest BCUT2D eigenvalue weighted by molar-refractivity contribution is 5.97. The molecule has 1 atom stereocenters. The van der Waals surface area contributed by atoms with E-state index < -0.39 is 11.9 Å². The third-order valence-corrected chi connectivity index (χ3v) is 3.89. The summed E-state index contributed by atoms with van der Waals surface area (Å²) in [7, 11) is 1.26. The molecule has 124 valence electrons. The zero-order valence-corrected chi connectivity index (χ0v) is 13.1. The van der Waals surface area contributed by atoms with Gasteiger partial charge in [0.2, 0.25) is 5.91 Å². The SMILES string of the molecule is COC(=O)C1CC(=O)NN(C(=O)c2ccc(-n3cccc3)cc2)C1. The molecule has 2 heterocycles. The van der Waals surface area contributed by atoms with Gasteiger partial charge < -0.3 is 9.30 Å². The minimum absolute atomic E-state index is 0.0169. The van der Waals surface area contributed by atoms with Crippen LogP contribution in [-0.2, 0) is 14.3 Å². The lowest BCUT2D eigenvalue weighted by Gasteiger charge is -2.31. The molecule has 1 aromatic carbocycles. The largest absolute Gasteiger partial charge is 0.469 e. The highest BCUT2D eigenvalue weighted by atomic mass is 16.5.